The lowest BCUT2D eigenvalue weighted by molar-refractivity contribution is 0.150. The molecule has 6 rings (SSSR count). The van der Waals surface area contributed by atoms with Crippen molar-refractivity contribution in [1.82, 2.24) is 19.1 Å². The van der Waals surface area contributed by atoms with E-state index < -0.39 is 23.2 Å². The molecule has 2 amide bonds. The first-order valence-corrected chi connectivity index (χ1v) is 24.0. The van der Waals surface area contributed by atoms with E-state index in [1.165, 1.54) is 18.5 Å². The van der Waals surface area contributed by atoms with Crippen LogP contribution in [-0.4, -0.2) is 114 Å². The second kappa shape index (κ2) is 18.3. The number of rotatable bonds is 14. The number of hydrogen-bond acceptors (Lipinski definition) is 10. The van der Waals surface area contributed by atoms with Gasteiger partial charge < -0.3 is 34.3 Å². The summed E-state index contributed by atoms with van der Waals surface area (Å²) < 4.78 is 59.9. The van der Waals surface area contributed by atoms with Gasteiger partial charge in [-0.25, -0.2) is 13.2 Å². The van der Waals surface area contributed by atoms with Crippen LogP contribution in [0.25, 0.3) is 10.8 Å². The third kappa shape index (κ3) is 10.7. The van der Waals surface area contributed by atoms with Crippen LogP contribution >= 0.6 is 7.14 Å². The average Bonchev–Trinajstić information content (AvgIpc) is 3.20. The number of aromatic nitrogens is 1. The summed E-state index contributed by atoms with van der Waals surface area (Å²) in [5.41, 5.74) is 3.02. The van der Waals surface area contributed by atoms with Crippen molar-refractivity contribution < 1.29 is 32.0 Å². The first-order chi connectivity index (χ1) is 28.3. The monoisotopic (exact) mass is 856 g/mol. The van der Waals surface area contributed by atoms with Crippen LogP contribution in [0.5, 0.6) is 23.0 Å². The molecule has 0 bridgehead atoms. The third-order valence-corrected chi connectivity index (χ3v) is 14.0. The number of sulfonamides is 1. The third-order valence-electron chi connectivity index (χ3n) is 10.7. The summed E-state index contributed by atoms with van der Waals surface area (Å²) in [6.07, 6.45) is 1.99. The van der Waals surface area contributed by atoms with Gasteiger partial charge in [0.1, 0.15) is 24.4 Å². The molecule has 1 aliphatic rings. The van der Waals surface area contributed by atoms with E-state index in [1.54, 1.807) is 56.9 Å². The maximum Gasteiger partial charge on any atom is 0.323 e. The van der Waals surface area contributed by atoms with Gasteiger partial charge in [0.2, 0.25) is 10.0 Å². The Labute approximate surface area is 354 Å². The Hall–Kier alpha value is -4.98. The maximum absolute atomic E-state index is 13.7. The van der Waals surface area contributed by atoms with Gasteiger partial charge in [0.05, 0.1) is 35.8 Å². The van der Waals surface area contributed by atoms with Crippen LogP contribution in [0.15, 0.2) is 90.0 Å². The normalized spacial score (nSPS) is 14.3. The number of hydrogen-bond donors (Lipinski definition) is 2. The summed E-state index contributed by atoms with van der Waals surface area (Å²) in [5, 5.41) is 8.01. The maximum atomic E-state index is 13.7. The SMILES string of the molecule is COc1cc(Cc2cc(Oc3ccc(NC(=O)Nc4cc(C(C)(C)C)cc(P(C)(C)=O)c4OC)c4ccccc34)ccn2)cc(S(=O)(=O)N(C)CCN2CCN(C)CC2)c1. The highest BCUT2D eigenvalue weighted by atomic mass is 32.2. The minimum absolute atomic E-state index is 0.161. The predicted molar refractivity (Wildman–Crippen MR) is 241 cm³/mol. The van der Waals surface area contributed by atoms with E-state index in [0.29, 0.717) is 64.9 Å². The molecule has 0 atom stereocenters. The Morgan fingerprint density at radius 2 is 1.57 bits per heavy atom. The van der Waals surface area contributed by atoms with Crippen LogP contribution in [0.2, 0.25) is 0 Å². The largest absolute Gasteiger partial charge is 0.497 e. The van der Waals surface area contributed by atoms with Crippen LogP contribution in [0, 0.1) is 0 Å². The first-order valence-electron chi connectivity index (χ1n) is 19.9. The zero-order valence-electron chi connectivity index (χ0n) is 36.0. The molecular formula is C45H57N6O7PS. The van der Waals surface area contributed by atoms with Crippen molar-refractivity contribution in [1.29, 1.82) is 0 Å². The van der Waals surface area contributed by atoms with Gasteiger partial charge in [-0.05, 0) is 79.4 Å². The van der Waals surface area contributed by atoms with Gasteiger partial charge in [-0.15, -0.1) is 0 Å². The number of piperazine rings is 1. The minimum Gasteiger partial charge on any atom is -0.497 e. The number of urea groups is 1. The van der Waals surface area contributed by atoms with E-state index in [4.69, 9.17) is 14.2 Å². The number of pyridine rings is 1. The van der Waals surface area contributed by atoms with E-state index in [-0.39, 0.29) is 10.3 Å². The number of anilines is 2. The van der Waals surface area contributed by atoms with Gasteiger partial charge in [0, 0.05) is 87.5 Å². The lowest BCUT2D eigenvalue weighted by Crippen LogP contribution is -2.47. The highest BCUT2D eigenvalue weighted by Gasteiger charge is 2.27. The predicted octanol–water partition coefficient (Wildman–Crippen LogP) is 7.69. The molecule has 0 unspecified atom stereocenters. The highest BCUT2D eigenvalue weighted by Crippen LogP contribution is 2.44. The first kappa shape index (κ1) is 44.6. The minimum atomic E-state index is -3.79. The molecule has 1 aromatic heterocycles. The molecule has 2 heterocycles. The quantitative estimate of drug-likeness (QED) is 0.107. The smallest absolute Gasteiger partial charge is 0.323 e. The molecule has 13 nitrogen and oxygen atoms in total. The lowest BCUT2D eigenvalue weighted by Gasteiger charge is -2.33. The number of nitrogens with one attached hydrogen (secondary N) is 2. The summed E-state index contributed by atoms with van der Waals surface area (Å²) in [6.45, 7) is 14.3. The molecule has 0 saturated carbocycles. The van der Waals surface area contributed by atoms with Crippen molar-refractivity contribution >= 4 is 50.6 Å². The summed E-state index contributed by atoms with van der Waals surface area (Å²) >= 11 is 0. The van der Waals surface area contributed by atoms with Crippen LogP contribution in [-0.2, 0) is 26.4 Å². The Morgan fingerprint density at radius 1 is 0.867 bits per heavy atom. The number of carbonyl (C=O) groups is 1. The fourth-order valence-corrected chi connectivity index (χ4v) is 9.50. The van der Waals surface area contributed by atoms with Crippen LogP contribution in [0.3, 0.4) is 0 Å². The number of likely N-dealkylation sites (N-methyl/N-ethyl adjacent to an activating group) is 2. The Morgan fingerprint density at radius 3 is 2.23 bits per heavy atom. The van der Waals surface area contributed by atoms with Gasteiger partial charge in [-0.2, -0.15) is 4.31 Å². The second-order valence-electron chi connectivity index (χ2n) is 16.7. The molecule has 60 heavy (non-hydrogen) atoms. The summed E-state index contributed by atoms with van der Waals surface area (Å²) in [4.78, 5) is 22.9. The number of methoxy groups -OCH3 is 2. The summed E-state index contributed by atoms with van der Waals surface area (Å²) in [6, 6.07) is 23.1. The van der Waals surface area contributed by atoms with Crippen molar-refractivity contribution in [3.8, 4) is 23.0 Å². The van der Waals surface area contributed by atoms with Crippen molar-refractivity contribution in [2.24, 2.45) is 0 Å². The summed E-state index contributed by atoms with van der Waals surface area (Å²) in [7, 11) is 0.190. The number of nitrogens with zero attached hydrogens (tertiary/aromatic N) is 4. The molecule has 2 N–H and O–H groups in total. The number of amides is 2. The van der Waals surface area contributed by atoms with E-state index in [9.17, 15) is 17.8 Å². The molecule has 0 radical (unpaired) electrons. The molecular weight excluding hydrogens is 800 g/mol. The number of carbonyl (C=O) groups excluding carboxylic acids is 1. The molecule has 1 saturated heterocycles. The molecule has 320 valence electrons. The zero-order valence-corrected chi connectivity index (χ0v) is 37.7. The van der Waals surface area contributed by atoms with Crippen molar-refractivity contribution in [3.05, 3.63) is 102 Å². The average molecular weight is 857 g/mol. The van der Waals surface area contributed by atoms with Crippen LogP contribution in [0.4, 0.5) is 16.2 Å². The van der Waals surface area contributed by atoms with Gasteiger partial charge >= 0.3 is 6.03 Å². The molecule has 15 heteroatoms. The van der Waals surface area contributed by atoms with E-state index in [2.05, 4.69) is 53.2 Å². The van der Waals surface area contributed by atoms with Crippen LogP contribution < -0.4 is 30.1 Å². The molecule has 5 aromatic rings. The fourth-order valence-electron chi connectivity index (χ4n) is 7.10. The number of ether oxygens (including phenoxy) is 3. The van der Waals surface area contributed by atoms with Crippen LogP contribution in [0.1, 0.15) is 37.6 Å². The lowest BCUT2D eigenvalue weighted by atomic mass is 9.86. The molecule has 0 aliphatic carbocycles. The van der Waals surface area contributed by atoms with E-state index in [1.807, 2.05) is 48.5 Å². The molecule has 1 aliphatic heterocycles. The van der Waals surface area contributed by atoms with Gasteiger partial charge in [0.15, 0.2) is 5.75 Å². The Kier molecular flexibility index (Phi) is 13.6. The zero-order chi connectivity index (χ0) is 43.4. The van der Waals surface area contributed by atoms with Crippen molar-refractivity contribution in [2.75, 3.05) is 91.5 Å². The number of fused-ring (bicyclic) bond motifs is 1. The number of benzene rings is 4. The molecule has 1 fully saturated rings. The molecule has 0 spiro atoms. The van der Waals surface area contributed by atoms with E-state index in [0.717, 1.165) is 48.1 Å². The van der Waals surface area contributed by atoms with E-state index >= 15 is 0 Å². The van der Waals surface area contributed by atoms with Gasteiger partial charge in [-0.1, -0.05) is 45.0 Å². The van der Waals surface area contributed by atoms with Gasteiger partial charge in [0.25, 0.3) is 0 Å². The Balaban J connectivity index is 1.19. The summed E-state index contributed by atoms with van der Waals surface area (Å²) in [5.74, 6) is 1.91. The molecule has 4 aromatic carbocycles. The fraction of sp³-hybridized carbons (Fsp3) is 0.378. The standard InChI is InChI=1S/C45H57N6O7PS/c1-45(2,3)32-27-40(43(57-7)42(28-32)59(8,9)53)48-44(52)47-39-14-15-41(38-13-11-10-12-37(38)39)58-34-16-17-46-33(29-34)24-31-25-35(56-6)30-36(26-31)60(54,55)50(5)20-23-51-21-18-49(4)19-22-51/h10-17,25-30H,18-24H2,1-9H3,(H2,47,48,52). The Bertz CT molecular complexity index is 2510. The van der Waals surface area contributed by atoms with Gasteiger partial charge in [-0.3, -0.25) is 9.88 Å². The second-order valence-corrected chi connectivity index (χ2v) is 21.9. The van der Waals surface area contributed by atoms with Crippen molar-refractivity contribution in [2.45, 2.75) is 37.5 Å². The topological polar surface area (TPSA) is 143 Å². The van der Waals surface area contributed by atoms with Crippen molar-refractivity contribution in [3.63, 3.8) is 0 Å². The highest BCUT2D eigenvalue weighted by molar-refractivity contribution is 7.89.